The Hall–Kier alpha value is -0.120. The van der Waals surface area contributed by atoms with E-state index in [1.165, 1.54) is 25.8 Å². The van der Waals surface area contributed by atoms with Gasteiger partial charge in [0.05, 0.1) is 6.61 Å². The minimum Gasteiger partial charge on any atom is -0.381 e. The molecular formula is C12H26N2O. The SMILES string of the molecule is CCCCN(C)CCNCC1CCOC1. The Kier molecular flexibility index (Phi) is 6.98. The first kappa shape index (κ1) is 12.9. The van der Waals surface area contributed by atoms with Gasteiger partial charge in [-0.2, -0.15) is 0 Å². The third kappa shape index (κ3) is 6.13. The average Bonchev–Trinajstić information content (AvgIpc) is 2.74. The standard InChI is InChI=1S/C12H26N2O/c1-3-4-7-14(2)8-6-13-10-12-5-9-15-11-12/h12-13H,3-11H2,1-2H3. The lowest BCUT2D eigenvalue weighted by molar-refractivity contribution is 0.185. The van der Waals surface area contributed by atoms with Crippen molar-refractivity contribution in [1.82, 2.24) is 10.2 Å². The molecule has 90 valence electrons. The molecular weight excluding hydrogens is 188 g/mol. The summed E-state index contributed by atoms with van der Waals surface area (Å²) in [6.07, 6.45) is 3.84. The highest BCUT2D eigenvalue weighted by molar-refractivity contribution is 4.67. The van der Waals surface area contributed by atoms with E-state index in [0.29, 0.717) is 0 Å². The highest BCUT2D eigenvalue weighted by atomic mass is 16.5. The summed E-state index contributed by atoms with van der Waals surface area (Å²) in [6.45, 7) is 8.78. The number of hydrogen-bond donors (Lipinski definition) is 1. The number of hydrogen-bond acceptors (Lipinski definition) is 3. The minimum atomic E-state index is 0.756. The van der Waals surface area contributed by atoms with Gasteiger partial charge in [0, 0.05) is 26.2 Å². The molecule has 0 saturated carbocycles. The van der Waals surface area contributed by atoms with E-state index in [9.17, 15) is 0 Å². The van der Waals surface area contributed by atoms with Crippen LogP contribution in [-0.4, -0.2) is 51.3 Å². The molecule has 1 aliphatic heterocycles. The van der Waals surface area contributed by atoms with Crippen LogP contribution in [0.4, 0.5) is 0 Å². The quantitative estimate of drug-likeness (QED) is 0.617. The second-order valence-electron chi connectivity index (χ2n) is 4.59. The van der Waals surface area contributed by atoms with Gasteiger partial charge in [-0.1, -0.05) is 13.3 Å². The maximum absolute atomic E-state index is 5.34. The molecule has 15 heavy (non-hydrogen) atoms. The van der Waals surface area contributed by atoms with Crippen molar-refractivity contribution in [3.05, 3.63) is 0 Å². The van der Waals surface area contributed by atoms with Crippen molar-refractivity contribution in [2.75, 3.05) is 46.4 Å². The van der Waals surface area contributed by atoms with E-state index in [2.05, 4.69) is 24.2 Å². The Morgan fingerprint density at radius 3 is 2.93 bits per heavy atom. The molecule has 0 aliphatic carbocycles. The van der Waals surface area contributed by atoms with Crippen LogP contribution in [0.2, 0.25) is 0 Å². The van der Waals surface area contributed by atoms with Gasteiger partial charge in [-0.15, -0.1) is 0 Å². The molecule has 0 aromatic carbocycles. The molecule has 1 atom stereocenters. The van der Waals surface area contributed by atoms with Gasteiger partial charge in [-0.05, 0) is 32.4 Å². The fourth-order valence-corrected chi connectivity index (χ4v) is 1.86. The van der Waals surface area contributed by atoms with Crippen molar-refractivity contribution >= 4 is 0 Å². The lowest BCUT2D eigenvalue weighted by atomic mass is 10.1. The van der Waals surface area contributed by atoms with Crippen molar-refractivity contribution < 1.29 is 4.74 Å². The monoisotopic (exact) mass is 214 g/mol. The molecule has 1 aliphatic rings. The second-order valence-corrected chi connectivity index (χ2v) is 4.59. The van der Waals surface area contributed by atoms with E-state index >= 15 is 0 Å². The van der Waals surface area contributed by atoms with Gasteiger partial charge in [0.15, 0.2) is 0 Å². The average molecular weight is 214 g/mol. The fourth-order valence-electron chi connectivity index (χ4n) is 1.86. The Morgan fingerprint density at radius 2 is 2.27 bits per heavy atom. The van der Waals surface area contributed by atoms with Crippen LogP contribution in [0.3, 0.4) is 0 Å². The lowest BCUT2D eigenvalue weighted by Crippen LogP contribution is -2.32. The molecule has 1 N–H and O–H groups in total. The first-order chi connectivity index (χ1) is 7.33. The first-order valence-electron chi connectivity index (χ1n) is 6.30. The van der Waals surface area contributed by atoms with Crippen LogP contribution in [0.15, 0.2) is 0 Å². The van der Waals surface area contributed by atoms with Gasteiger partial charge < -0.3 is 15.0 Å². The smallest absolute Gasteiger partial charge is 0.0507 e. The molecule has 0 aromatic heterocycles. The number of rotatable bonds is 8. The maximum atomic E-state index is 5.34. The molecule has 1 rings (SSSR count). The van der Waals surface area contributed by atoms with Gasteiger partial charge in [0.2, 0.25) is 0 Å². The van der Waals surface area contributed by atoms with E-state index in [4.69, 9.17) is 4.74 Å². The van der Waals surface area contributed by atoms with Crippen molar-refractivity contribution in [2.45, 2.75) is 26.2 Å². The third-order valence-electron chi connectivity index (χ3n) is 3.02. The normalized spacial score (nSPS) is 21.4. The van der Waals surface area contributed by atoms with Crippen molar-refractivity contribution in [3.8, 4) is 0 Å². The van der Waals surface area contributed by atoms with Gasteiger partial charge in [-0.25, -0.2) is 0 Å². The van der Waals surface area contributed by atoms with E-state index in [0.717, 1.165) is 38.8 Å². The highest BCUT2D eigenvalue weighted by Gasteiger charge is 2.14. The molecule has 0 radical (unpaired) electrons. The summed E-state index contributed by atoms with van der Waals surface area (Å²) in [6, 6.07) is 0. The van der Waals surface area contributed by atoms with E-state index in [1.54, 1.807) is 0 Å². The molecule has 0 aromatic rings. The predicted molar refractivity (Wildman–Crippen MR) is 64.2 cm³/mol. The van der Waals surface area contributed by atoms with Gasteiger partial charge >= 0.3 is 0 Å². The Labute approximate surface area is 94.2 Å². The van der Waals surface area contributed by atoms with Crippen LogP contribution in [0.25, 0.3) is 0 Å². The van der Waals surface area contributed by atoms with Crippen LogP contribution in [0.1, 0.15) is 26.2 Å². The molecule has 1 fully saturated rings. The van der Waals surface area contributed by atoms with Crippen molar-refractivity contribution in [3.63, 3.8) is 0 Å². The zero-order chi connectivity index (χ0) is 10.9. The summed E-state index contributed by atoms with van der Waals surface area (Å²) < 4.78 is 5.34. The van der Waals surface area contributed by atoms with Crippen molar-refractivity contribution in [1.29, 1.82) is 0 Å². The van der Waals surface area contributed by atoms with E-state index in [1.807, 2.05) is 0 Å². The summed E-state index contributed by atoms with van der Waals surface area (Å²) >= 11 is 0. The van der Waals surface area contributed by atoms with Crippen LogP contribution in [0, 0.1) is 5.92 Å². The van der Waals surface area contributed by atoms with Gasteiger partial charge in [-0.3, -0.25) is 0 Å². The third-order valence-corrected chi connectivity index (χ3v) is 3.02. The zero-order valence-corrected chi connectivity index (χ0v) is 10.3. The first-order valence-corrected chi connectivity index (χ1v) is 6.30. The number of likely N-dealkylation sites (N-methyl/N-ethyl adjacent to an activating group) is 1. The lowest BCUT2D eigenvalue weighted by Gasteiger charge is -2.17. The number of nitrogens with one attached hydrogen (secondary N) is 1. The van der Waals surface area contributed by atoms with Crippen LogP contribution in [0.5, 0.6) is 0 Å². The topological polar surface area (TPSA) is 24.5 Å². The zero-order valence-electron chi connectivity index (χ0n) is 10.3. The molecule has 1 saturated heterocycles. The van der Waals surface area contributed by atoms with Gasteiger partial charge in [0.1, 0.15) is 0 Å². The molecule has 3 heteroatoms. The summed E-state index contributed by atoms with van der Waals surface area (Å²) in [5.41, 5.74) is 0. The minimum absolute atomic E-state index is 0.756. The Bertz CT molecular complexity index is 147. The summed E-state index contributed by atoms with van der Waals surface area (Å²) in [4.78, 5) is 2.40. The predicted octanol–water partition coefficient (Wildman–Crippen LogP) is 1.34. The Morgan fingerprint density at radius 1 is 1.40 bits per heavy atom. The summed E-state index contributed by atoms with van der Waals surface area (Å²) in [5.74, 6) is 0.756. The molecule has 0 bridgehead atoms. The second kappa shape index (κ2) is 8.08. The summed E-state index contributed by atoms with van der Waals surface area (Å²) in [5, 5.41) is 3.51. The number of ether oxygens (including phenoxy) is 1. The number of nitrogens with zero attached hydrogens (tertiary/aromatic N) is 1. The Balaban J connectivity index is 1.87. The van der Waals surface area contributed by atoms with E-state index in [-0.39, 0.29) is 0 Å². The van der Waals surface area contributed by atoms with Crippen molar-refractivity contribution in [2.24, 2.45) is 5.92 Å². The van der Waals surface area contributed by atoms with Gasteiger partial charge in [0.25, 0.3) is 0 Å². The fraction of sp³-hybridized carbons (Fsp3) is 1.00. The molecule has 0 spiro atoms. The molecule has 0 amide bonds. The van der Waals surface area contributed by atoms with Crippen LogP contribution in [-0.2, 0) is 4.74 Å². The largest absolute Gasteiger partial charge is 0.381 e. The molecule has 1 unspecified atom stereocenters. The van der Waals surface area contributed by atoms with Crippen LogP contribution >= 0.6 is 0 Å². The number of unbranched alkanes of at least 4 members (excludes halogenated alkanes) is 1. The van der Waals surface area contributed by atoms with Crippen LogP contribution < -0.4 is 5.32 Å². The summed E-state index contributed by atoms with van der Waals surface area (Å²) in [7, 11) is 2.20. The highest BCUT2D eigenvalue weighted by Crippen LogP contribution is 2.10. The molecule has 3 nitrogen and oxygen atoms in total. The maximum Gasteiger partial charge on any atom is 0.0507 e. The van der Waals surface area contributed by atoms with E-state index < -0.39 is 0 Å². The molecule has 1 heterocycles.